The number of carbonyl (C=O) groups is 2. The van der Waals surface area contributed by atoms with Crippen molar-refractivity contribution in [3.63, 3.8) is 0 Å². The van der Waals surface area contributed by atoms with Gasteiger partial charge in [0.2, 0.25) is 11.8 Å². The second kappa shape index (κ2) is 11.4. The minimum atomic E-state index is -0.568. The molecule has 37 heavy (non-hydrogen) atoms. The van der Waals surface area contributed by atoms with Crippen molar-refractivity contribution in [2.24, 2.45) is 5.92 Å². The molecule has 2 fully saturated rings. The highest BCUT2D eigenvalue weighted by Gasteiger charge is 2.40. The summed E-state index contributed by atoms with van der Waals surface area (Å²) in [5, 5.41) is 10.6. The van der Waals surface area contributed by atoms with E-state index in [1.807, 2.05) is 34.5 Å². The van der Waals surface area contributed by atoms with Crippen LogP contribution < -0.4 is 10.6 Å². The second-order valence-corrected chi connectivity index (χ2v) is 11.1. The molecule has 2 N–H and O–H groups in total. The maximum atomic E-state index is 14.0. The van der Waals surface area contributed by atoms with E-state index in [1.165, 1.54) is 0 Å². The van der Waals surface area contributed by atoms with Gasteiger partial charge < -0.3 is 20.3 Å². The van der Waals surface area contributed by atoms with E-state index in [1.54, 1.807) is 31.5 Å². The molecule has 2 saturated heterocycles. The van der Waals surface area contributed by atoms with Gasteiger partial charge in [0.15, 0.2) is 0 Å². The molecule has 8 nitrogen and oxygen atoms in total. The highest BCUT2D eigenvalue weighted by molar-refractivity contribution is 7.10. The van der Waals surface area contributed by atoms with Crippen molar-refractivity contribution in [1.82, 2.24) is 25.5 Å². The number of halogens is 1. The number of hydrogen-bond acceptors (Lipinski definition) is 7. The van der Waals surface area contributed by atoms with E-state index in [9.17, 15) is 9.59 Å². The number of aromatic nitrogens is 2. The predicted octanol–water partition coefficient (Wildman–Crippen LogP) is 4.19. The lowest BCUT2D eigenvalue weighted by atomic mass is 9.90. The maximum Gasteiger partial charge on any atom is 0.246 e. The molecule has 0 saturated carbocycles. The summed E-state index contributed by atoms with van der Waals surface area (Å²) in [6.45, 7) is 3.67. The van der Waals surface area contributed by atoms with Crippen LogP contribution in [0.4, 0.5) is 0 Å². The molecular formula is C27H32ClN5O3S. The summed E-state index contributed by atoms with van der Waals surface area (Å²) in [6, 6.07) is 6.60. The maximum absolute atomic E-state index is 14.0. The molecule has 0 radical (unpaired) electrons. The van der Waals surface area contributed by atoms with Gasteiger partial charge in [-0.05, 0) is 63.8 Å². The number of likely N-dealkylation sites (tertiary alicyclic amines) is 1. The van der Waals surface area contributed by atoms with E-state index in [0.717, 1.165) is 52.9 Å². The molecule has 4 heterocycles. The van der Waals surface area contributed by atoms with E-state index < -0.39 is 6.04 Å². The van der Waals surface area contributed by atoms with E-state index in [0.29, 0.717) is 24.8 Å². The largest absolute Gasteiger partial charge is 0.381 e. The van der Waals surface area contributed by atoms with E-state index >= 15 is 0 Å². The molecule has 2 aromatic heterocycles. The van der Waals surface area contributed by atoms with Crippen LogP contribution in [0.1, 0.15) is 43.7 Å². The third-order valence-corrected chi connectivity index (χ3v) is 8.63. The third-order valence-electron chi connectivity index (χ3n) is 7.45. The first kappa shape index (κ1) is 26.0. The number of hydrogen-bond donors (Lipinski definition) is 2. The number of amides is 2. The average molecular weight is 542 g/mol. The van der Waals surface area contributed by atoms with Gasteiger partial charge >= 0.3 is 0 Å². The minimum Gasteiger partial charge on any atom is -0.381 e. The van der Waals surface area contributed by atoms with Crippen LogP contribution in [0, 0.1) is 5.92 Å². The van der Waals surface area contributed by atoms with Gasteiger partial charge in [-0.1, -0.05) is 17.7 Å². The zero-order chi connectivity index (χ0) is 25.9. The molecule has 2 amide bonds. The molecule has 0 aliphatic carbocycles. The average Bonchev–Trinajstić information content (AvgIpc) is 3.60. The zero-order valence-electron chi connectivity index (χ0n) is 21.1. The number of likely N-dealkylation sites (N-methyl/N-ethyl adjacent to an activating group) is 1. The van der Waals surface area contributed by atoms with Gasteiger partial charge in [0.1, 0.15) is 11.0 Å². The highest BCUT2D eigenvalue weighted by atomic mass is 35.5. The van der Waals surface area contributed by atoms with Crippen LogP contribution in [-0.4, -0.2) is 65.6 Å². The van der Waals surface area contributed by atoms with Gasteiger partial charge in [0, 0.05) is 47.3 Å². The first-order valence-corrected chi connectivity index (χ1v) is 14.1. The summed E-state index contributed by atoms with van der Waals surface area (Å²) in [5.41, 5.74) is 2.68. The molecular weight excluding hydrogens is 510 g/mol. The first-order chi connectivity index (χ1) is 18.0. The number of pyridine rings is 1. The van der Waals surface area contributed by atoms with Crippen molar-refractivity contribution >= 4 is 45.7 Å². The van der Waals surface area contributed by atoms with Gasteiger partial charge in [-0.15, -0.1) is 11.3 Å². The standard InChI is InChI=1S/C27H32ClN5O3S/c1-16(29-2)25(34)32-24(17-8-12-36-13-9-17)27(35)33-11-3-4-23(33)26-31-22(15-37-26)20-7-10-30-21-14-18(28)5-6-19(20)21/h5-7,10,14-17,23-24,29H,3-4,8-9,11-13H2,1-2H3,(H,32,34)/t16-,23-,24-/m0/s1. The van der Waals surface area contributed by atoms with Crippen LogP contribution in [0.5, 0.6) is 0 Å². The normalized spacial score (nSPS) is 20.2. The Balaban J connectivity index is 1.40. The van der Waals surface area contributed by atoms with Crippen LogP contribution >= 0.6 is 22.9 Å². The third kappa shape index (κ3) is 5.50. The van der Waals surface area contributed by atoms with Crippen molar-refractivity contribution in [2.75, 3.05) is 26.8 Å². The van der Waals surface area contributed by atoms with Crippen LogP contribution in [0.25, 0.3) is 22.2 Å². The Hall–Kier alpha value is -2.59. The monoisotopic (exact) mass is 541 g/mol. The number of nitrogens with one attached hydrogen (secondary N) is 2. The number of nitrogens with zero attached hydrogens (tertiary/aromatic N) is 3. The fourth-order valence-electron chi connectivity index (χ4n) is 5.21. The lowest BCUT2D eigenvalue weighted by molar-refractivity contribution is -0.140. The van der Waals surface area contributed by atoms with Crippen LogP contribution in [-0.2, 0) is 14.3 Å². The summed E-state index contributed by atoms with van der Waals surface area (Å²) in [7, 11) is 1.74. The first-order valence-electron chi connectivity index (χ1n) is 12.8. The summed E-state index contributed by atoms with van der Waals surface area (Å²) >= 11 is 7.74. The Kier molecular flexibility index (Phi) is 8.04. The summed E-state index contributed by atoms with van der Waals surface area (Å²) < 4.78 is 5.53. The number of ether oxygens (including phenoxy) is 1. The highest BCUT2D eigenvalue weighted by Crippen LogP contribution is 2.38. The van der Waals surface area contributed by atoms with E-state index in [-0.39, 0.29) is 29.8 Å². The number of rotatable bonds is 7. The molecule has 0 spiro atoms. The van der Waals surface area contributed by atoms with Crippen molar-refractivity contribution < 1.29 is 14.3 Å². The van der Waals surface area contributed by atoms with Crippen LogP contribution in [0.15, 0.2) is 35.8 Å². The fraction of sp³-hybridized carbons (Fsp3) is 0.481. The van der Waals surface area contributed by atoms with E-state index in [2.05, 4.69) is 15.6 Å². The number of fused-ring (bicyclic) bond motifs is 1. The lowest BCUT2D eigenvalue weighted by Gasteiger charge is -2.35. The van der Waals surface area contributed by atoms with Crippen LogP contribution in [0.3, 0.4) is 0 Å². The molecule has 3 atom stereocenters. The molecule has 2 aliphatic heterocycles. The van der Waals surface area contributed by atoms with Crippen LogP contribution in [0.2, 0.25) is 5.02 Å². The smallest absolute Gasteiger partial charge is 0.246 e. The molecule has 2 aliphatic rings. The summed E-state index contributed by atoms with van der Waals surface area (Å²) in [6.07, 6.45) is 5.04. The van der Waals surface area contributed by atoms with Gasteiger partial charge in [0.05, 0.1) is 23.3 Å². The molecule has 10 heteroatoms. The van der Waals surface area contributed by atoms with Gasteiger partial charge in [-0.25, -0.2) is 4.98 Å². The lowest BCUT2D eigenvalue weighted by Crippen LogP contribution is -2.56. The number of benzene rings is 1. The molecule has 0 unspecified atom stereocenters. The van der Waals surface area contributed by atoms with Crippen molar-refractivity contribution in [2.45, 2.75) is 50.7 Å². The quantitative estimate of drug-likeness (QED) is 0.465. The van der Waals surface area contributed by atoms with E-state index in [4.69, 9.17) is 21.3 Å². The Morgan fingerprint density at radius 1 is 1.22 bits per heavy atom. The summed E-state index contributed by atoms with van der Waals surface area (Å²) in [5.74, 6) is -0.131. The van der Waals surface area contributed by atoms with Crippen molar-refractivity contribution in [3.8, 4) is 11.3 Å². The van der Waals surface area contributed by atoms with Gasteiger partial charge in [-0.2, -0.15) is 0 Å². The summed E-state index contributed by atoms with van der Waals surface area (Å²) in [4.78, 5) is 38.1. The van der Waals surface area contributed by atoms with Crippen molar-refractivity contribution in [3.05, 3.63) is 45.9 Å². The molecule has 196 valence electrons. The number of carbonyl (C=O) groups excluding carboxylic acids is 2. The van der Waals surface area contributed by atoms with Gasteiger partial charge in [0.25, 0.3) is 0 Å². The molecule has 0 bridgehead atoms. The topological polar surface area (TPSA) is 96.5 Å². The Bertz CT molecular complexity index is 1280. The fourth-order valence-corrected chi connectivity index (χ4v) is 6.35. The minimum absolute atomic E-state index is 0.0215. The Morgan fingerprint density at radius 2 is 2.03 bits per heavy atom. The molecule has 5 rings (SSSR count). The predicted molar refractivity (Wildman–Crippen MR) is 146 cm³/mol. The van der Waals surface area contributed by atoms with Crippen molar-refractivity contribution in [1.29, 1.82) is 0 Å². The molecule has 1 aromatic carbocycles. The number of thiazole rings is 1. The second-order valence-electron chi connectivity index (χ2n) is 9.73. The SMILES string of the molecule is CN[C@@H](C)C(=O)N[C@H](C(=O)N1CCC[C@H]1c1nc(-c2ccnc3cc(Cl)ccc23)cs1)C1CCOCC1. The van der Waals surface area contributed by atoms with Gasteiger partial charge in [-0.3, -0.25) is 14.6 Å². The Morgan fingerprint density at radius 3 is 2.81 bits per heavy atom. The Labute approximate surface area is 225 Å². The zero-order valence-corrected chi connectivity index (χ0v) is 22.6. The molecule has 3 aromatic rings.